The lowest BCUT2D eigenvalue weighted by Gasteiger charge is -2.17. The average Bonchev–Trinajstić information content (AvgIpc) is 2.16. The van der Waals surface area contributed by atoms with Crippen LogP contribution in [0.3, 0.4) is 0 Å². The molecule has 14 heavy (non-hydrogen) atoms. The molecular weight excluding hydrogens is 238 g/mol. The fourth-order valence-electron chi connectivity index (χ4n) is 1.15. The first-order valence-electron chi connectivity index (χ1n) is 5.08. The van der Waals surface area contributed by atoms with E-state index in [0.29, 0.717) is 12.0 Å². The Kier molecular flexibility index (Phi) is 4.63. The van der Waals surface area contributed by atoms with Gasteiger partial charge in [-0.15, -0.1) is 0 Å². The van der Waals surface area contributed by atoms with Gasteiger partial charge >= 0.3 is 0 Å². The lowest BCUT2D eigenvalue weighted by Crippen LogP contribution is -2.30. The molecule has 0 spiro atoms. The quantitative estimate of drug-likeness (QED) is 0.868. The van der Waals surface area contributed by atoms with E-state index in [1.54, 1.807) is 0 Å². The first kappa shape index (κ1) is 11.7. The van der Waals surface area contributed by atoms with Gasteiger partial charge in [0.05, 0.1) is 0 Å². The van der Waals surface area contributed by atoms with Crippen molar-refractivity contribution in [3.05, 3.63) is 34.3 Å². The second kappa shape index (κ2) is 5.52. The van der Waals surface area contributed by atoms with Gasteiger partial charge in [0.15, 0.2) is 0 Å². The van der Waals surface area contributed by atoms with Crippen molar-refractivity contribution in [1.29, 1.82) is 0 Å². The molecule has 0 aliphatic carbocycles. The van der Waals surface area contributed by atoms with Crippen molar-refractivity contribution in [2.24, 2.45) is 5.92 Å². The van der Waals surface area contributed by atoms with Crippen LogP contribution in [0, 0.1) is 5.92 Å². The van der Waals surface area contributed by atoms with Gasteiger partial charge in [0, 0.05) is 17.1 Å². The van der Waals surface area contributed by atoms with Gasteiger partial charge < -0.3 is 5.32 Å². The van der Waals surface area contributed by atoms with Crippen LogP contribution in [0.1, 0.15) is 26.3 Å². The third-order valence-corrected chi connectivity index (χ3v) is 3.35. The van der Waals surface area contributed by atoms with Crippen molar-refractivity contribution < 1.29 is 0 Å². The summed E-state index contributed by atoms with van der Waals surface area (Å²) in [6.07, 6.45) is 0. The van der Waals surface area contributed by atoms with Gasteiger partial charge in [-0.3, -0.25) is 0 Å². The van der Waals surface area contributed by atoms with Crippen molar-refractivity contribution in [3.8, 4) is 0 Å². The number of benzene rings is 1. The Hall–Kier alpha value is -0.340. The highest BCUT2D eigenvalue weighted by molar-refractivity contribution is 9.10. The fraction of sp³-hybridized carbons (Fsp3) is 0.500. The van der Waals surface area contributed by atoms with Crippen LogP contribution in [0.25, 0.3) is 0 Å². The molecule has 0 saturated heterocycles. The van der Waals surface area contributed by atoms with Crippen LogP contribution >= 0.6 is 15.9 Å². The molecule has 0 heterocycles. The molecule has 0 radical (unpaired) electrons. The molecular formula is C12H18BrN. The van der Waals surface area contributed by atoms with Gasteiger partial charge in [0.2, 0.25) is 0 Å². The highest BCUT2D eigenvalue weighted by atomic mass is 79.9. The third-order valence-electron chi connectivity index (χ3n) is 2.57. The Bertz CT molecular complexity index is 283. The maximum absolute atomic E-state index is 3.54. The summed E-state index contributed by atoms with van der Waals surface area (Å²) >= 11 is 3.54. The maximum Gasteiger partial charge on any atom is 0.0220 e. The van der Waals surface area contributed by atoms with E-state index >= 15 is 0 Å². The maximum atomic E-state index is 3.54. The molecule has 0 fully saturated rings. The minimum Gasteiger partial charge on any atom is -0.310 e. The van der Waals surface area contributed by atoms with E-state index in [9.17, 15) is 0 Å². The zero-order chi connectivity index (χ0) is 10.6. The summed E-state index contributed by atoms with van der Waals surface area (Å²) in [5, 5.41) is 3.51. The largest absolute Gasteiger partial charge is 0.310 e. The Morgan fingerprint density at radius 1 is 1.21 bits per heavy atom. The lowest BCUT2D eigenvalue weighted by molar-refractivity contribution is 0.426. The van der Waals surface area contributed by atoms with E-state index in [4.69, 9.17) is 0 Å². The van der Waals surface area contributed by atoms with Crippen LogP contribution in [-0.4, -0.2) is 6.04 Å². The molecule has 1 atom stereocenters. The molecule has 1 nitrogen and oxygen atoms in total. The molecule has 0 amide bonds. The minimum atomic E-state index is 0.558. The van der Waals surface area contributed by atoms with Crippen molar-refractivity contribution in [2.45, 2.75) is 33.4 Å². The number of hydrogen-bond acceptors (Lipinski definition) is 1. The van der Waals surface area contributed by atoms with Gasteiger partial charge in [0.1, 0.15) is 0 Å². The molecule has 0 aliphatic rings. The molecule has 1 N–H and O–H groups in total. The highest BCUT2D eigenvalue weighted by Crippen LogP contribution is 2.15. The van der Waals surface area contributed by atoms with Crippen molar-refractivity contribution in [2.75, 3.05) is 0 Å². The number of rotatable bonds is 4. The van der Waals surface area contributed by atoms with Crippen molar-refractivity contribution in [3.63, 3.8) is 0 Å². The van der Waals surface area contributed by atoms with Crippen LogP contribution in [0.2, 0.25) is 0 Å². The Balaban J connectivity index is 2.50. The highest BCUT2D eigenvalue weighted by Gasteiger charge is 2.06. The minimum absolute atomic E-state index is 0.558. The van der Waals surface area contributed by atoms with Gasteiger partial charge in [-0.1, -0.05) is 48.0 Å². The van der Waals surface area contributed by atoms with Crippen LogP contribution in [0.4, 0.5) is 0 Å². The van der Waals surface area contributed by atoms with Crippen LogP contribution in [-0.2, 0) is 6.54 Å². The van der Waals surface area contributed by atoms with Gasteiger partial charge in [-0.25, -0.2) is 0 Å². The zero-order valence-electron chi connectivity index (χ0n) is 9.05. The third kappa shape index (κ3) is 3.43. The van der Waals surface area contributed by atoms with E-state index in [0.717, 1.165) is 6.54 Å². The molecule has 78 valence electrons. The topological polar surface area (TPSA) is 12.0 Å². The van der Waals surface area contributed by atoms with E-state index < -0.39 is 0 Å². The van der Waals surface area contributed by atoms with E-state index in [1.165, 1.54) is 10.0 Å². The monoisotopic (exact) mass is 255 g/mol. The van der Waals surface area contributed by atoms with Gasteiger partial charge in [0.25, 0.3) is 0 Å². The molecule has 0 saturated carbocycles. The summed E-state index contributed by atoms with van der Waals surface area (Å²) in [5.41, 5.74) is 1.32. The van der Waals surface area contributed by atoms with Crippen molar-refractivity contribution in [1.82, 2.24) is 5.32 Å². The fourth-order valence-corrected chi connectivity index (χ4v) is 1.57. The molecule has 1 aromatic rings. The molecule has 2 heteroatoms. The molecule has 1 rings (SSSR count). The Morgan fingerprint density at radius 3 is 2.43 bits per heavy atom. The van der Waals surface area contributed by atoms with Gasteiger partial charge in [-0.2, -0.15) is 0 Å². The SMILES string of the molecule is CC(C)C(C)NCc1ccccc1Br. The first-order valence-corrected chi connectivity index (χ1v) is 5.87. The summed E-state index contributed by atoms with van der Waals surface area (Å²) in [4.78, 5) is 0. The summed E-state index contributed by atoms with van der Waals surface area (Å²) in [6.45, 7) is 7.62. The van der Waals surface area contributed by atoms with E-state index in [1.807, 2.05) is 6.07 Å². The summed E-state index contributed by atoms with van der Waals surface area (Å²) in [5.74, 6) is 0.678. The first-order chi connectivity index (χ1) is 6.61. The van der Waals surface area contributed by atoms with Crippen molar-refractivity contribution >= 4 is 15.9 Å². The smallest absolute Gasteiger partial charge is 0.0220 e. The molecule has 1 unspecified atom stereocenters. The summed E-state index contributed by atoms with van der Waals surface area (Å²) in [6, 6.07) is 8.89. The average molecular weight is 256 g/mol. The molecule has 0 aliphatic heterocycles. The van der Waals surface area contributed by atoms with E-state index in [-0.39, 0.29) is 0 Å². The van der Waals surface area contributed by atoms with Gasteiger partial charge in [-0.05, 0) is 24.5 Å². The molecule has 1 aromatic carbocycles. The molecule has 0 bridgehead atoms. The molecule has 0 aromatic heterocycles. The number of hydrogen-bond donors (Lipinski definition) is 1. The number of halogens is 1. The summed E-state index contributed by atoms with van der Waals surface area (Å²) in [7, 11) is 0. The number of nitrogens with one attached hydrogen (secondary N) is 1. The summed E-state index contributed by atoms with van der Waals surface area (Å²) < 4.78 is 1.18. The predicted molar refractivity (Wildman–Crippen MR) is 65.3 cm³/mol. The lowest BCUT2D eigenvalue weighted by atomic mass is 10.1. The second-order valence-electron chi connectivity index (χ2n) is 4.01. The zero-order valence-corrected chi connectivity index (χ0v) is 10.6. The predicted octanol–water partition coefficient (Wildman–Crippen LogP) is 3.58. The van der Waals surface area contributed by atoms with E-state index in [2.05, 4.69) is 60.2 Å². The Labute approximate surface area is 95.0 Å². The van der Waals surface area contributed by atoms with Crippen LogP contribution < -0.4 is 5.32 Å². The van der Waals surface area contributed by atoms with Crippen LogP contribution in [0.5, 0.6) is 0 Å². The Morgan fingerprint density at radius 2 is 1.86 bits per heavy atom. The second-order valence-corrected chi connectivity index (χ2v) is 4.86. The normalized spacial score (nSPS) is 13.2. The standard InChI is InChI=1S/C12H18BrN/c1-9(2)10(3)14-8-11-6-4-5-7-12(11)13/h4-7,9-10,14H,8H2,1-3H3. The van der Waals surface area contributed by atoms with Crippen LogP contribution in [0.15, 0.2) is 28.7 Å².